The van der Waals surface area contributed by atoms with Crippen molar-refractivity contribution in [3.8, 4) is 0 Å². The van der Waals surface area contributed by atoms with Crippen LogP contribution in [0.4, 0.5) is 10.1 Å². The Morgan fingerprint density at radius 2 is 1.92 bits per heavy atom. The van der Waals surface area contributed by atoms with Gasteiger partial charge in [0.1, 0.15) is 5.82 Å². The number of hydrogen-bond donors (Lipinski definition) is 1. The number of benzene rings is 1. The largest absolute Gasteiger partial charge is 0.364 e. The lowest BCUT2D eigenvalue weighted by atomic mass is 9.75. The molecule has 2 aliphatic heterocycles. The van der Waals surface area contributed by atoms with Gasteiger partial charge < -0.3 is 10.6 Å². The second kappa shape index (κ2) is 9.91. The van der Waals surface area contributed by atoms with Crippen molar-refractivity contribution in [1.82, 2.24) is 14.3 Å². The van der Waals surface area contributed by atoms with Gasteiger partial charge in [0.15, 0.2) is 5.78 Å². The molecule has 2 saturated heterocycles. The van der Waals surface area contributed by atoms with E-state index in [0.717, 1.165) is 42.5 Å². The minimum atomic E-state index is -3.25. The van der Waals surface area contributed by atoms with Crippen LogP contribution < -0.4 is 10.6 Å². The summed E-state index contributed by atoms with van der Waals surface area (Å²) < 4.78 is 40.7. The lowest BCUT2D eigenvalue weighted by Crippen LogP contribution is -2.48. The van der Waals surface area contributed by atoms with Crippen molar-refractivity contribution < 1.29 is 17.6 Å². The average molecular weight is 552 g/mol. The first-order valence-electron chi connectivity index (χ1n) is 13.6. The van der Waals surface area contributed by atoms with E-state index in [0.29, 0.717) is 35.5 Å². The number of nitrogens with zero attached hydrogens (tertiary/aromatic N) is 4. The highest BCUT2D eigenvalue weighted by atomic mass is 32.2. The SMILES string of the molecule is C[C@@H]1C[C@H](N)C[C@H](c2ccncc2CC(=O)c2ccc(F)c3cc(N4C[C@H]5C[C@@H]4CN5S(C)(=O)=O)cnc23)C1. The Kier molecular flexibility index (Phi) is 6.68. The predicted molar refractivity (Wildman–Crippen MR) is 149 cm³/mol. The van der Waals surface area contributed by atoms with E-state index in [1.165, 1.54) is 18.4 Å². The second-order valence-electron chi connectivity index (χ2n) is 11.7. The molecule has 1 aromatic carbocycles. The number of carbonyl (C=O) groups excluding carboxylic acids is 1. The van der Waals surface area contributed by atoms with Crippen LogP contribution in [0, 0.1) is 11.7 Å². The third-order valence-corrected chi connectivity index (χ3v) is 10.0. The van der Waals surface area contributed by atoms with Crippen LogP contribution in [-0.2, 0) is 16.4 Å². The summed E-state index contributed by atoms with van der Waals surface area (Å²) in [7, 11) is -3.25. The van der Waals surface area contributed by atoms with E-state index in [2.05, 4.69) is 21.8 Å². The molecule has 2 aromatic heterocycles. The smallest absolute Gasteiger partial charge is 0.211 e. The quantitative estimate of drug-likeness (QED) is 0.466. The fraction of sp³-hybridized carbons (Fsp3) is 0.483. The molecule has 10 heteroatoms. The molecule has 39 heavy (non-hydrogen) atoms. The number of nitrogens with two attached hydrogens (primary N) is 1. The number of aromatic nitrogens is 2. The number of ketones is 1. The number of Topliss-reactive ketones (excluding diaryl/α,β-unsaturated/α-hetero) is 1. The molecule has 0 spiro atoms. The number of rotatable bonds is 6. The Hall–Kier alpha value is -2.95. The standard InChI is InChI=1S/C29H34FN5O3S/c1-17-7-18(9-20(31)8-17)24-5-6-32-13-19(24)10-28(36)25-3-4-27(30)26-12-21(14-33-29(25)26)34-15-23-11-22(34)16-35(23)39(2,37)38/h3-6,12-14,17-18,20,22-23H,7-11,15-16,31H2,1-2H3/t17-,18+,20-,22+,23+/m0/s1. The van der Waals surface area contributed by atoms with Crippen LogP contribution in [0.15, 0.2) is 42.9 Å². The van der Waals surface area contributed by atoms with Gasteiger partial charge in [-0.15, -0.1) is 0 Å². The number of sulfonamides is 1. The summed E-state index contributed by atoms with van der Waals surface area (Å²) in [6.07, 6.45) is 10.3. The van der Waals surface area contributed by atoms with Gasteiger partial charge in [0, 0.05) is 61.0 Å². The molecule has 0 amide bonds. The van der Waals surface area contributed by atoms with E-state index in [-0.39, 0.29) is 36.2 Å². The molecule has 3 aliphatic rings. The number of piperazine rings is 1. The normalized spacial score (nSPS) is 27.4. The number of fused-ring (bicyclic) bond motifs is 3. The molecule has 4 heterocycles. The van der Waals surface area contributed by atoms with E-state index >= 15 is 4.39 Å². The maximum atomic E-state index is 15.0. The Morgan fingerprint density at radius 3 is 2.64 bits per heavy atom. The summed E-state index contributed by atoms with van der Waals surface area (Å²) in [5.41, 5.74) is 9.78. The monoisotopic (exact) mass is 551 g/mol. The summed E-state index contributed by atoms with van der Waals surface area (Å²) >= 11 is 0. The average Bonchev–Trinajstić information content (AvgIpc) is 3.50. The van der Waals surface area contributed by atoms with Crippen molar-refractivity contribution in [2.45, 2.75) is 63.1 Å². The summed E-state index contributed by atoms with van der Waals surface area (Å²) in [6, 6.07) is 6.67. The molecule has 1 aliphatic carbocycles. The first-order valence-corrected chi connectivity index (χ1v) is 15.5. The predicted octanol–water partition coefficient (Wildman–Crippen LogP) is 3.65. The van der Waals surface area contributed by atoms with Crippen LogP contribution >= 0.6 is 0 Å². The molecule has 6 rings (SSSR count). The molecule has 1 saturated carbocycles. The summed E-state index contributed by atoms with van der Waals surface area (Å²) in [5, 5.41) is 0.291. The molecule has 2 N–H and O–H groups in total. The van der Waals surface area contributed by atoms with Crippen molar-refractivity contribution in [2.75, 3.05) is 24.2 Å². The molecule has 8 nitrogen and oxygen atoms in total. The molecule has 0 radical (unpaired) electrons. The minimum Gasteiger partial charge on any atom is -0.364 e. The van der Waals surface area contributed by atoms with Gasteiger partial charge in [0.25, 0.3) is 0 Å². The van der Waals surface area contributed by atoms with E-state index in [9.17, 15) is 13.2 Å². The van der Waals surface area contributed by atoms with Crippen LogP contribution in [0.1, 0.15) is 60.0 Å². The molecule has 5 atom stereocenters. The molecular weight excluding hydrogens is 517 g/mol. The fourth-order valence-corrected chi connectivity index (χ4v) is 8.21. The number of anilines is 1. The minimum absolute atomic E-state index is 0.0245. The van der Waals surface area contributed by atoms with Crippen molar-refractivity contribution in [3.05, 3.63) is 65.4 Å². The lowest BCUT2D eigenvalue weighted by molar-refractivity contribution is 0.0993. The zero-order chi connectivity index (χ0) is 27.5. The van der Waals surface area contributed by atoms with Crippen LogP contribution in [0.2, 0.25) is 0 Å². The zero-order valence-corrected chi connectivity index (χ0v) is 23.1. The van der Waals surface area contributed by atoms with Gasteiger partial charge in [-0.05, 0) is 72.9 Å². The highest BCUT2D eigenvalue weighted by Gasteiger charge is 2.47. The van der Waals surface area contributed by atoms with Crippen molar-refractivity contribution >= 4 is 32.4 Å². The fourth-order valence-electron chi connectivity index (χ4n) is 7.07. The van der Waals surface area contributed by atoms with Gasteiger partial charge in [-0.3, -0.25) is 14.8 Å². The topological polar surface area (TPSA) is 109 Å². The maximum absolute atomic E-state index is 15.0. The molecule has 206 valence electrons. The highest BCUT2D eigenvalue weighted by Crippen LogP contribution is 2.38. The van der Waals surface area contributed by atoms with E-state index in [1.54, 1.807) is 29.0 Å². The third kappa shape index (κ3) is 4.94. The van der Waals surface area contributed by atoms with Gasteiger partial charge in [-0.1, -0.05) is 6.92 Å². The maximum Gasteiger partial charge on any atom is 0.211 e. The van der Waals surface area contributed by atoms with Gasteiger partial charge in [0.2, 0.25) is 10.0 Å². The van der Waals surface area contributed by atoms with Crippen molar-refractivity contribution in [1.29, 1.82) is 0 Å². The van der Waals surface area contributed by atoms with Gasteiger partial charge >= 0.3 is 0 Å². The van der Waals surface area contributed by atoms with E-state index in [4.69, 9.17) is 5.73 Å². The van der Waals surface area contributed by atoms with Gasteiger partial charge in [-0.25, -0.2) is 12.8 Å². The molecule has 3 aromatic rings. The summed E-state index contributed by atoms with van der Waals surface area (Å²) in [4.78, 5) is 24.5. The van der Waals surface area contributed by atoms with Crippen LogP contribution in [0.5, 0.6) is 0 Å². The van der Waals surface area contributed by atoms with E-state index < -0.39 is 15.8 Å². The van der Waals surface area contributed by atoms with E-state index in [1.807, 2.05) is 6.07 Å². The van der Waals surface area contributed by atoms with Gasteiger partial charge in [-0.2, -0.15) is 4.31 Å². The van der Waals surface area contributed by atoms with Gasteiger partial charge in [0.05, 0.1) is 23.7 Å². The summed E-state index contributed by atoms with van der Waals surface area (Å²) in [5.74, 6) is 0.238. The van der Waals surface area contributed by atoms with Crippen molar-refractivity contribution in [2.24, 2.45) is 11.7 Å². The molecule has 2 bridgehead atoms. The molecular formula is C29H34FN5O3S. The van der Waals surface area contributed by atoms with Crippen LogP contribution in [-0.4, -0.2) is 65.9 Å². The van der Waals surface area contributed by atoms with Crippen LogP contribution in [0.3, 0.4) is 0 Å². The second-order valence-corrected chi connectivity index (χ2v) is 13.6. The first-order chi connectivity index (χ1) is 18.6. The van der Waals surface area contributed by atoms with Crippen molar-refractivity contribution in [3.63, 3.8) is 0 Å². The Bertz CT molecular complexity index is 1540. The Labute approximate surface area is 228 Å². The van der Waals surface area contributed by atoms with Crippen LogP contribution in [0.25, 0.3) is 10.9 Å². The Morgan fingerprint density at radius 1 is 1.10 bits per heavy atom. The Balaban J connectivity index is 1.27. The number of halogens is 1. The number of pyridine rings is 2. The highest BCUT2D eigenvalue weighted by molar-refractivity contribution is 7.88. The lowest BCUT2D eigenvalue weighted by Gasteiger charge is -2.34. The molecule has 0 unspecified atom stereocenters. The molecule has 3 fully saturated rings. The first kappa shape index (κ1) is 26.3. The number of carbonyl (C=O) groups is 1. The number of hydrogen-bond acceptors (Lipinski definition) is 7. The summed E-state index contributed by atoms with van der Waals surface area (Å²) in [6.45, 7) is 3.18. The zero-order valence-electron chi connectivity index (χ0n) is 22.3. The third-order valence-electron chi connectivity index (χ3n) is 8.74.